The zero-order valence-corrected chi connectivity index (χ0v) is 13.7. The molecule has 1 aromatic carbocycles. The van der Waals surface area contributed by atoms with E-state index in [1.807, 2.05) is 0 Å². The molecule has 134 valence electrons. The minimum Gasteiger partial charge on any atom is -0.458 e. The van der Waals surface area contributed by atoms with Gasteiger partial charge in [-0.15, -0.1) is 0 Å². The molecule has 0 spiro atoms. The lowest BCUT2D eigenvalue weighted by atomic mass is 10.3. The summed E-state index contributed by atoms with van der Waals surface area (Å²) < 4.78 is 24.8. The predicted molar refractivity (Wildman–Crippen MR) is 88.1 cm³/mol. The molecule has 1 aliphatic rings. The molecule has 2 aromatic heterocycles. The molecule has 3 heterocycles. The Labute approximate surface area is 146 Å². The third-order valence-corrected chi connectivity index (χ3v) is 4.23. The zero-order chi connectivity index (χ0) is 18.1. The summed E-state index contributed by atoms with van der Waals surface area (Å²) in [6.07, 6.45) is 2.38. The van der Waals surface area contributed by atoms with Crippen LogP contribution in [0.25, 0.3) is 11.1 Å². The molecule has 3 aromatic rings. The fourth-order valence-electron chi connectivity index (χ4n) is 2.96. The number of ether oxygens (including phenoxy) is 1. The third-order valence-electron chi connectivity index (χ3n) is 4.23. The van der Waals surface area contributed by atoms with Gasteiger partial charge in [-0.3, -0.25) is 9.36 Å². The molecule has 26 heavy (non-hydrogen) atoms. The standard InChI is InChI=1S/C17H15FN4O4/c18-11-7-19-16(20-8-11)25-12-5-6-21(9-12)15(23)10-22-13-3-1-2-4-14(13)26-17(22)24/h1-4,7-8,12H,5-6,9-10H2. The van der Waals surface area contributed by atoms with Gasteiger partial charge in [0.15, 0.2) is 11.4 Å². The van der Waals surface area contributed by atoms with Gasteiger partial charge < -0.3 is 14.1 Å². The molecule has 1 saturated heterocycles. The van der Waals surface area contributed by atoms with Crippen molar-refractivity contribution >= 4 is 17.0 Å². The minimum absolute atomic E-state index is 0.0720. The van der Waals surface area contributed by atoms with Crippen molar-refractivity contribution in [3.63, 3.8) is 0 Å². The first-order valence-electron chi connectivity index (χ1n) is 8.10. The molecule has 1 amide bonds. The van der Waals surface area contributed by atoms with E-state index >= 15 is 0 Å². The van der Waals surface area contributed by atoms with Crippen molar-refractivity contribution in [2.24, 2.45) is 0 Å². The van der Waals surface area contributed by atoms with Crippen molar-refractivity contribution in [2.75, 3.05) is 13.1 Å². The number of amides is 1. The summed E-state index contributed by atoms with van der Waals surface area (Å²) in [5.41, 5.74) is 1.03. The van der Waals surface area contributed by atoms with Gasteiger partial charge in [0, 0.05) is 13.0 Å². The first-order valence-corrected chi connectivity index (χ1v) is 8.10. The van der Waals surface area contributed by atoms with Crippen molar-refractivity contribution < 1.29 is 18.3 Å². The molecule has 1 unspecified atom stereocenters. The van der Waals surface area contributed by atoms with E-state index in [0.717, 1.165) is 12.4 Å². The molecule has 1 atom stereocenters. The summed E-state index contributed by atoms with van der Waals surface area (Å²) in [7, 11) is 0. The molecule has 9 heteroatoms. The van der Waals surface area contributed by atoms with E-state index in [1.54, 1.807) is 29.2 Å². The molecule has 0 saturated carbocycles. The fraction of sp³-hybridized carbons (Fsp3) is 0.294. The topological polar surface area (TPSA) is 90.5 Å². The first-order chi connectivity index (χ1) is 12.6. The Morgan fingerprint density at radius 3 is 2.88 bits per heavy atom. The Morgan fingerprint density at radius 2 is 2.08 bits per heavy atom. The molecule has 0 bridgehead atoms. The maximum absolute atomic E-state index is 12.8. The number of hydrogen-bond acceptors (Lipinski definition) is 6. The zero-order valence-electron chi connectivity index (χ0n) is 13.7. The maximum atomic E-state index is 12.8. The smallest absolute Gasteiger partial charge is 0.420 e. The van der Waals surface area contributed by atoms with E-state index in [4.69, 9.17) is 9.15 Å². The summed E-state index contributed by atoms with van der Waals surface area (Å²) in [6.45, 7) is 0.745. The maximum Gasteiger partial charge on any atom is 0.420 e. The Hall–Kier alpha value is -3.23. The van der Waals surface area contributed by atoms with E-state index in [-0.39, 0.29) is 24.6 Å². The molecule has 1 fully saturated rings. The third kappa shape index (κ3) is 3.15. The number of likely N-dealkylation sites (tertiary alicyclic amines) is 1. The molecule has 0 radical (unpaired) electrons. The molecular formula is C17H15FN4O4. The number of oxazole rings is 1. The highest BCUT2D eigenvalue weighted by atomic mass is 19.1. The van der Waals surface area contributed by atoms with E-state index in [0.29, 0.717) is 30.6 Å². The fourth-order valence-corrected chi connectivity index (χ4v) is 2.96. The quantitative estimate of drug-likeness (QED) is 0.696. The van der Waals surface area contributed by atoms with E-state index in [2.05, 4.69) is 9.97 Å². The average molecular weight is 358 g/mol. The number of carbonyl (C=O) groups is 1. The van der Waals surface area contributed by atoms with Gasteiger partial charge in [0.2, 0.25) is 5.91 Å². The van der Waals surface area contributed by atoms with Crippen LogP contribution in [0.5, 0.6) is 6.01 Å². The second kappa shape index (κ2) is 6.58. The Balaban J connectivity index is 1.42. The number of nitrogens with zero attached hydrogens (tertiary/aromatic N) is 4. The second-order valence-corrected chi connectivity index (χ2v) is 5.97. The predicted octanol–water partition coefficient (Wildman–Crippen LogP) is 1.20. The lowest BCUT2D eigenvalue weighted by Gasteiger charge is -2.16. The highest BCUT2D eigenvalue weighted by molar-refractivity contribution is 5.79. The number of halogens is 1. The number of para-hydroxylation sites is 2. The number of fused-ring (bicyclic) bond motifs is 1. The van der Waals surface area contributed by atoms with Crippen LogP contribution in [0.2, 0.25) is 0 Å². The molecule has 1 aliphatic heterocycles. The number of aromatic nitrogens is 3. The van der Waals surface area contributed by atoms with E-state index in [9.17, 15) is 14.0 Å². The second-order valence-electron chi connectivity index (χ2n) is 5.97. The van der Waals surface area contributed by atoms with Gasteiger partial charge in [-0.2, -0.15) is 0 Å². The lowest BCUT2D eigenvalue weighted by molar-refractivity contribution is -0.131. The first kappa shape index (κ1) is 16.2. The normalized spacial score (nSPS) is 17.0. The minimum atomic E-state index is -0.564. The SMILES string of the molecule is O=C(Cn1c(=O)oc2ccccc21)N1CCC(Oc2ncc(F)cn2)C1. The van der Waals surface area contributed by atoms with Crippen LogP contribution in [-0.2, 0) is 11.3 Å². The molecular weight excluding hydrogens is 343 g/mol. The van der Waals surface area contributed by atoms with Crippen molar-refractivity contribution in [3.05, 3.63) is 53.0 Å². The number of hydrogen-bond donors (Lipinski definition) is 0. The van der Waals surface area contributed by atoms with E-state index < -0.39 is 11.6 Å². The Kier molecular flexibility index (Phi) is 4.11. The summed E-state index contributed by atoms with van der Waals surface area (Å²) in [4.78, 5) is 33.6. The molecule has 4 rings (SSSR count). The molecule has 0 aliphatic carbocycles. The van der Waals surface area contributed by atoms with Gasteiger partial charge in [-0.25, -0.2) is 19.2 Å². The Morgan fingerprint density at radius 1 is 1.31 bits per heavy atom. The monoisotopic (exact) mass is 358 g/mol. The van der Waals surface area contributed by atoms with Gasteiger partial charge in [0.05, 0.1) is 24.5 Å². The number of benzene rings is 1. The van der Waals surface area contributed by atoms with Crippen LogP contribution < -0.4 is 10.5 Å². The molecule has 8 nitrogen and oxygen atoms in total. The van der Waals surface area contributed by atoms with Crippen LogP contribution >= 0.6 is 0 Å². The number of rotatable bonds is 4. The van der Waals surface area contributed by atoms with Crippen LogP contribution in [0.1, 0.15) is 6.42 Å². The summed E-state index contributed by atoms with van der Waals surface area (Å²) >= 11 is 0. The summed E-state index contributed by atoms with van der Waals surface area (Å²) in [6, 6.07) is 7.02. The molecule has 0 N–H and O–H groups in total. The average Bonchev–Trinajstić information content (AvgIpc) is 3.22. The van der Waals surface area contributed by atoms with Gasteiger partial charge in [-0.1, -0.05) is 12.1 Å². The van der Waals surface area contributed by atoms with Gasteiger partial charge in [0.25, 0.3) is 0 Å². The highest BCUT2D eigenvalue weighted by Gasteiger charge is 2.29. The van der Waals surface area contributed by atoms with Crippen molar-refractivity contribution in [2.45, 2.75) is 19.1 Å². The van der Waals surface area contributed by atoms with Crippen LogP contribution in [0.4, 0.5) is 4.39 Å². The van der Waals surface area contributed by atoms with Crippen LogP contribution in [0, 0.1) is 5.82 Å². The van der Waals surface area contributed by atoms with Crippen LogP contribution in [0.3, 0.4) is 0 Å². The number of carbonyl (C=O) groups excluding carboxylic acids is 1. The van der Waals surface area contributed by atoms with Gasteiger partial charge in [0.1, 0.15) is 12.6 Å². The van der Waals surface area contributed by atoms with Crippen LogP contribution in [-0.4, -0.2) is 44.5 Å². The van der Waals surface area contributed by atoms with Crippen LogP contribution in [0.15, 0.2) is 45.9 Å². The van der Waals surface area contributed by atoms with Gasteiger partial charge in [-0.05, 0) is 12.1 Å². The van der Waals surface area contributed by atoms with Gasteiger partial charge >= 0.3 is 11.8 Å². The summed E-state index contributed by atoms with van der Waals surface area (Å²) in [5.74, 6) is -1.31. The largest absolute Gasteiger partial charge is 0.458 e. The lowest BCUT2D eigenvalue weighted by Crippen LogP contribution is -2.35. The van der Waals surface area contributed by atoms with Crippen molar-refractivity contribution in [1.82, 2.24) is 19.4 Å². The van der Waals surface area contributed by atoms with Crippen molar-refractivity contribution in [1.29, 1.82) is 0 Å². The highest BCUT2D eigenvalue weighted by Crippen LogP contribution is 2.17. The summed E-state index contributed by atoms with van der Waals surface area (Å²) in [5, 5.41) is 0. The van der Waals surface area contributed by atoms with E-state index in [1.165, 1.54) is 4.57 Å². The van der Waals surface area contributed by atoms with Crippen molar-refractivity contribution in [3.8, 4) is 6.01 Å². The Bertz CT molecular complexity index is 998.